The summed E-state index contributed by atoms with van der Waals surface area (Å²) in [6.45, 7) is 1.66. The Morgan fingerprint density at radius 2 is 1.43 bits per heavy atom. The predicted molar refractivity (Wildman–Crippen MR) is 167 cm³/mol. The second-order valence-electron chi connectivity index (χ2n) is 8.38. The van der Waals surface area contributed by atoms with E-state index in [-0.39, 0.29) is 28.1 Å². The zero-order valence-corrected chi connectivity index (χ0v) is 24.1. The van der Waals surface area contributed by atoms with Crippen LogP contribution in [0.1, 0.15) is 25.6 Å². The third kappa shape index (κ3) is 7.69. The van der Waals surface area contributed by atoms with Crippen molar-refractivity contribution in [2.45, 2.75) is 11.8 Å². The van der Waals surface area contributed by atoms with Crippen LogP contribution in [0, 0.1) is 6.92 Å². The monoisotopic (exact) mass is 590 g/mol. The van der Waals surface area contributed by atoms with Crippen molar-refractivity contribution in [3.63, 3.8) is 0 Å². The molecule has 0 unspecified atom stereocenters. The quantitative estimate of drug-likeness (QED) is 0.0977. The Kier molecular flexibility index (Phi) is 9.90. The lowest BCUT2D eigenvalue weighted by Gasteiger charge is -2.11. The summed E-state index contributed by atoms with van der Waals surface area (Å²) < 4.78 is 4.92. The Hall–Kier alpha value is -4.19. The van der Waals surface area contributed by atoms with Crippen LogP contribution in [0.15, 0.2) is 89.8 Å². The van der Waals surface area contributed by atoms with E-state index in [0.717, 1.165) is 27.6 Å². The summed E-state index contributed by atoms with van der Waals surface area (Å²) in [5, 5.41) is 12.6. The molecule has 0 atom stereocenters. The van der Waals surface area contributed by atoms with Crippen molar-refractivity contribution < 1.29 is 19.1 Å². The fraction of sp³-hybridized carbons (Fsp3) is 0.103. The molecule has 204 valence electrons. The molecule has 0 aliphatic heterocycles. The van der Waals surface area contributed by atoms with Gasteiger partial charge >= 0.3 is 5.97 Å². The van der Waals surface area contributed by atoms with E-state index in [1.807, 2.05) is 72.8 Å². The summed E-state index contributed by atoms with van der Waals surface area (Å²) in [6.07, 6.45) is 0. The summed E-state index contributed by atoms with van der Waals surface area (Å²) in [5.74, 6) is -1.25. The molecule has 3 aromatic carbocycles. The fourth-order valence-corrected chi connectivity index (χ4v) is 5.76. The number of nitrogens with one attached hydrogen (secondary N) is 4. The van der Waals surface area contributed by atoms with Gasteiger partial charge < -0.3 is 26.0 Å². The molecule has 1 aromatic heterocycles. The largest absolute Gasteiger partial charge is 0.465 e. The van der Waals surface area contributed by atoms with Crippen LogP contribution in [0.4, 0.5) is 22.1 Å². The molecule has 40 heavy (non-hydrogen) atoms. The minimum absolute atomic E-state index is 0.0826. The topological polar surface area (TPSA) is 109 Å². The zero-order valence-electron chi connectivity index (χ0n) is 21.6. The lowest BCUT2D eigenvalue weighted by Crippen LogP contribution is -2.19. The highest BCUT2D eigenvalue weighted by molar-refractivity contribution is 8.00. The van der Waals surface area contributed by atoms with Crippen LogP contribution in [-0.2, 0) is 9.53 Å². The van der Waals surface area contributed by atoms with Crippen LogP contribution in [0.25, 0.3) is 0 Å². The number of para-hydroxylation sites is 2. The maximum atomic E-state index is 12.9. The standard InChI is InChI=1S/C29H26N4O4S3/c1-18-24(28(36)37-2)27(40-25(18)26(35)30-19-10-5-3-6-11-19)33-23(34)17-39-22-15-9-14-21(16-22)32-29(38)31-20-12-7-4-8-13-20/h3-16H,17H2,1-2H3,(H,30,35)(H,33,34)(H2,31,32,38). The molecule has 0 spiro atoms. The SMILES string of the molecule is COC(=O)c1c(NC(=O)CSc2cccc(NC(=S)Nc3ccccc3)c2)sc(C(=O)Nc2ccccc2)c1C. The highest BCUT2D eigenvalue weighted by Crippen LogP contribution is 2.34. The fourth-order valence-electron chi connectivity index (χ4n) is 3.67. The normalized spacial score (nSPS) is 10.3. The van der Waals surface area contributed by atoms with E-state index in [4.69, 9.17) is 17.0 Å². The number of rotatable bonds is 9. The van der Waals surface area contributed by atoms with Gasteiger partial charge in [-0.2, -0.15) is 0 Å². The van der Waals surface area contributed by atoms with E-state index < -0.39 is 5.97 Å². The number of carbonyl (C=O) groups is 3. The van der Waals surface area contributed by atoms with E-state index in [1.54, 1.807) is 19.1 Å². The molecule has 1 heterocycles. The van der Waals surface area contributed by atoms with Gasteiger partial charge in [0.2, 0.25) is 5.91 Å². The minimum atomic E-state index is -0.630. The molecule has 0 aliphatic rings. The minimum Gasteiger partial charge on any atom is -0.465 e. The van der Waals surface area contributed by atoms with Crippen molar-refractivity contribution in [1.29, 1.82) is 0 Å². The maximum absolute atomic E-state index is 12.9. The number of esters is 1. The van der Waals surface area contributed by atoms with Gasteiger partial charge in [-0.1, -0.05) is 42.5 Å². The first-order chi connectivity index (χ1) is 19.3. The van der Waals surface area contributed by atoms with E-state index in [1.165, 1.54) is 18.9 Å². The molecule has 8 nitrogen and oxygen atoms in total. The molecule has 0 aliphatic carbocycles. The van der Waals surface area contributed by atoms with E-state index in [0.29, 0.717) is 21.2 Å². The van der Waals surface area contributed by atoms with E-state index >= 15 is 0 Å². The zero-order chi connectivity index (χ0) is 28.5. The van der Waals surface area contributed by atoms with E-state index in [9.17, 15) is 14.4 Å². The summed E-state index contributed by atoms with van der Waals surface area (Å²) >= 11 is 7.75. The van der Waals surface area contributed by atoms with Gasteiger partial charge in [-0.05, 0) is 67.2 Å². The van der Waals surface area contributed by atoms with Crippen molar-refractivity contribution in [3.8, 4) is 0 Å². The van der Waals surface area contributed by atoms with Gasteiger partial charge in [-0.3, -0.25) is 9.59 Å². The highest BCUT2D eigenvalue weighted by Gasteiger charge is 2.26. The molecule has 0 saturated heterocycles. The number of hydrogen-bond acceptors (Lipinski definition) is 7. The molecule has 2 amide bonds. The number of amides is 2. The van der Waals surface area contributed by atoms with Crippen LogP contribution < -0.4 is 21.3 Å². The number of hydrogen-bond donors (Lipinski definition) is 4. The third-order valence-corrected chi connectivity index (χ3v) is 7.92. The smallest absolute Gasteiger partial charge is 0.341 e. The average Bonchev–Trinajstić information content (AvgIpc) is 3.28. The van der Waals surface area contributed by atoms with Gasteiger partial charge in [0, 0.05) is 22.0 Å². The molecule has 0 radical (unpaired) electrons. The third-order valence-electron chi connectivity index (χ3n) is 5.52. The van der Waals surface area contributed by atoms with Crippen molar-refractivity contribution in [2.75, 3.05) is 34.1 Å². The molecule has 0 saturated carbocycles. The number of carbonyl (C=O) groups excluding carboxylic acids is 3. The van der Waals surface area contributed by atoms with Crippen molar-refractivity contribution in [3.05, 3.63) is 101 Å². The second-order valence-corrected chi connectivity index (χ2v) is 10.9. The van der Waals surface area contributed by atoms with Crippen molar-refractivity contribution in [2.24, 2.45) is 0 Å². The first kappa shape index (κ1) is 28.8. The number of benzene rings is 3. The van der Waals surface area contributed by atoms with Gasteiger partial charge in [-0.25, -0.2) is 4.79 Å². The first-order valence-electron chi connectivity index (χ1n) is 12.1. The number of thioether (sulfide) groups is 1. The van der Waals surface area contributed by atoms with Gasteiger partial charge in [0.25, 0.3) is 5.91 Å². The van der Waals surface area contributed by atoms with Crippen molar-refractivity contribution >= 4 is 80.3 Å². The summed E-state index contributed by atoms with van der Waals surface area (Å²) in [6, 6.07) is 26.1. The number of methoxy groups -OCH3 is 1. The molecular formula is C29H26N4O4S3. The average molecular weight is 591 g/mol. The number of ether oxygens (including phenoxy) is 1. The first-order valence-corrected chi connectivity index (χ1v) is 14.3. The lowest BCUT2D eigenvalue weighted by atomic mass is 10.1. The Balaban J connectivity index is 1.40. The lowest BCUT2D eigenvalue weighted by molar-refractivity contribution is -0.113. The molecule has 0 bridgehead atoms. The summed E-state index contributed by atoms with van der Waals surface area (Å²) in [7, 11) is 1.26. The molecule has 11 heteroatoms. The van der Waals surface area contributed by atoms with Gasteiger partial charge in [0.1, 0.15) is 5.00 Å². The Morgan fingerprint density at radius 1 is 0.825 bits per heavy atom. The number of anilines is 4. The van der Waals surface area contributed by atoms with Crippen LogP contribution in [0.2, 0.25) is 0 Å². The number of thiophene rings is 1. The molecular weight excluding hydrogens is 565 g/mol. The van der Waals surface area contributed by atoms with Crippen LogP contribution in [-0.4, -0.2) is 35.8 Å². The van der Waals surface area contributed by atoms with Gasteiger partial charge in [0.05, 0.1) is 23.3 Å². The molecule has 4 rings (SSSR count). The number of thiocarbonyl (C=S) groups is 1. The van der Waals surface area contributed by atoms with Crippen LogP contribution >= 0.6 is 35.3 Å². The molecule has 0 fully saturated rings. The van der Waals surface area contributed by atoms with Crippen molar-refractivity contribution in [1.82, 2.24) is 0 Å². The van der Waals surface area contributed by atoms with Crippen LogP contribution in [0.5, 0.6) is 0 Å². The second kappa shape index (κ2) is 13.7. The Labute approximate surface area is 245 Å². The Morgan fingerprint density at radius 3 is 2.08 bits per heavy atom. The van der Waals surface area contributed by atoms with Gasteiger partial charge in [0.15, 0.2) is 5.11 Å². The predicted octanol–water partition coefficient (Wildman–Crippen LogP) is 6.64. The maximum Gasteiger partial charge on any atom is 0.341 e. The summed E-state index contributed by atoms with van der Waals surface area (Å²) in [5.41, 5.74) is 2.87. The van der Waals surface area contributed by atoms with Crippen LogP contribution in [0.3, 0.4) is 0 Å². The summed E-state index contributed by atoms with van der Waals surface area (Å²) in [4.78, 5) is 39.5. The van der Waals surface area contributed by atoms with E-state index in [2.05, 4.69) is 21.3 Å². The van der Waals surface area contributed by atoms with Gasteiger partial charge in [-0.15, -0.1) is 23.1 Å². The Bertz CT molecular complexity index is 1530. The molecule has 4 N–H and O–H groups in total. The highest BCUT2D eigenvalue weighted by atomic mass is 32.2. The molecule has 4 aromatic rings.